The average molecular weight is 188 g/mol. The minimum Gasteiger partial charge on any atom is -0.368 e. The Morgan fingerprint density at radius 3 is 2.69 bits per heavy atom. The van der Waals surface area contributed by atoms with Crippen LogP contribution in [0, 0.1) is 0 Å². The molecule has 13 heavy (non-hydrogen) atoms. The first-order chi connectivity index (χ1) is 6.06. The number of hydrogen-bond acceptors (Lipinski definition) is 2. The van der Waals surface area contributed by atoms with Crippen LogP contribution in [0.3, 0.4) is 0 Å². The molecular weight excluding hydrogens is 175 g/mol. The quantitative estimate of drug-likeness (QED) is 0.653. The molecule has 0 radical (unpaired) electrons. The van der Waals surface area contributed by atoms with E-state index in [-0.39, 0.29) is 25.3 Å². The standard InChI is InChI=1S/C8H13FN2O2/c1-2-7(12)11-4-5(9)3-6(11)8(10)13/h5-6H,2-4H2,1H3,(H2,10,13)/t5?,6-/m0/s1. The molecule has 0 bridgehead atoms. The number of halogens is 1. The highest BCUT2D eigenvalue weighted by Gasteiger charge is 2.37. The number of primary amides is 1. The molecule has 0 aromatic rings. The van der Waals surface area contributed by atoms with Crippen LogP contribution in [-0.4, -0.2) is 35.5 Å². The molecule has 2 amide bonds. The van der Waals surface area contributed by atoms with Gasteiger partial charge in [0, 0.05) is 12.8 Å². The molecule has 74 valence electrons. The molecule has 2 atom stereocenters. The number of likely N-dealkylation sites (tertiary alicyclic amines) is 1. The number of nitrogens with zero attached hydrogens (tertiary/aromatic N) is 1. The van der Waals surface area contributed by atoms with Crippen LogP contribution in [0.2, 0.25) is 0 Å². The molecule has 5 heteroatoms. The second-order valence-corrected chi connectivity index (χ2v) is 3.15. The van der Waals surface area contributed by atoms with Crippen molar-refractivity contribution in [1.29, 1.82) is 0 Å². The molecule has 4 nitrogen and oxygen atoms in total. The number of alkyl halides is 1. The normalized spacial score (nSPS) is 27.7. The van der Waals surface area contributed by atoms with Gasteiger partial charge in [-0.15, -0.1) is 0 Å². The Hall–Kier alpha value is -1.13. The van der Waals surface area contributed by atoms with Gasteiger partial charge in [0.25, 0.3) is 0 Å². The number of rotatable bonds is 2. The summed E-state index contributed by atoms with van der Waals surface area (Å²) in [6.07, 6.45) is -0.801. The second-order valence-electron chi connectivity index (χ2n) is 3.15. The van der Waals surface area contributed by atoms with Crippen LogP contribution >= 0.6 is 0 Å². The van der Waals surface area contributed by atoms with Gasteiger partial charge in [-0.3, -0.25) is 9.59 Å². The van der Waals surface area contributed by atoms with Gasteiger partial charge in [-0.2, -0.15) is 0 Å². The van der Waals surface area contributed by atoms with Crippen LogP contribution in [0.4, 0.5) is 4.39 Å². The van der Waals surface area contributed by atoms with Gasteiger partial charge in [0.2, 0.25) is 11.8 Å². The maximum atomic E-state index is 12.9. The maximum absolute atomic E-state index is 12.9. The lowest BCUT2D eigenvalue weighted by Gasteiger charge is -2.20. The number of carbonyl (C=O) groups excluding carboxylic acids is 2. The molecule has 1 aliphatic rings. The monoisotopic (exact) mass is 188 g/mol. The van der Waals surface area contributed by atoms with Crippen molar-refractivity contribution in [3.8, 4) is 0 Å². The predicted molar refractivity (Wildman–Crippen MR) is 44.5 cm³/mol. The number of amides is 2. The highest BCUT2D eigenvalue weighted by atomic mass is 19.1. The third-order valence-electron chi connectivity index (χ3n) is 2.20. The fourth-order valence-corrected chi connectivity index (χ4v) is 1.53. The van der Waals surface area contributed by atoms with Gasteiger partial charge >= 0.3 is 0 Å². The Morgan fingerprint density at radius 2 is 2.23 bits per heavy atom. The van der Waals surface area contributed by atoms with Gasteiger partial charge in [0.1, 0.15) is 12.2 Å². The lowest BCUT2D eigenvalue weighted by Crippen LogP contribution is -2.43. The van der Waals surface area contributed by atoms with Crippen LogP contribution in [0.5, 0.6) is 0 Å². The van der Waals surface area contributed by atoms with Crippen molar-refractivity contribution in [1.82, 2.24) is 4.90 Å². The first-order valence-corrected chi connectivity index (χ1v) is 4.29. The number of carbonyl (C=O) groups is 2. The molecule has 1 rings (SSSR count). The summed E-state index contributed by atoms with van der Waals surface area (Å²) in [5.74, 6) is -0.842. The van der Waals surface area contributed by atoms with Crippen LogP contribution in [0.15, 0.2) is 0 Å². The van der Waals surface area contributed by atoms with Crippen LogP contribution in [-0.2, 0) is 9.59 Å². The average Bonchev–Trinajstić information content (AvgIpc) is 2.46. The van der Waals surface area contributed by atoms with E-state index in [1.165, 1.54) is 4.90 Å². The lowest BCUT2D eigenvalue weighted by atomic mass is 10.2. The van der Waals surface area contributed by atoms with Crippen molar-refractivity contribution >= 4 is 11.8 Å². The zero-order valence-electron chi connectivity index (χ0n) is 7.50. The Kier molecular flexibility index (Phi) is 2.85. The molecular formula is C8H13FN2O2. The van der Waals surface area contributed by atoms with Gasteiger partial charge < -0.3 is 10.6 Å². The van der Waals surface area contributed by atoms with E-state index in [4.69, 9.17) is 5.73 Å². The van der Waals surface area contributed by atoms with Crippen LogP contribution < -0.4 is 5.73 Å². The first-order valence-electron chi connectivity index (χ1n) is 4.29. The minimum absolute atomic E-state index is 0.000278. The van der Waals surface area contributed by atoms with Crippen molar-refractivity contribution in [2.75, 3.05) is 6.54 Å². The van der Waals surface area contributed by atoms with Crippen molar-refractivity contribution < 1.29 is 14.0 Å². The zero-order valence-corrected chi connectivity index (χ0v) is 7.50. The van der Waals surface area contributed by atoms with Gasteiger partial charge in [0.15, 0.2) is 0 Å². The van der Waals surface area contributed by atoms with Gasteiger partial charge in [-0.05, 0) is 0 Å². The molecule has 1 fully saturated rings. The number of nitrogens with two attached hydrogens (primary N) is 1. The summed E-state index contributed by atoms with van der Waals surface area (Å²) in [7, 11) is 0. The molecule has 0 saturated carbocycles. The van der Waals surface area contributed by atoms with Gasteiger partial charge in [0.05, 0.1) is 6.54 Å². The molecule has 1 unspecified atom stereocenters. The fourth-order valence-electron chi connectivity index (χ4n) is 1.53. The molecule has 1 saturated heterocycles. The summed E-state index contributed by atoms with van der Waals surface area (Å²) in [4.78, 5) is 23.3. The summed E-state index contributed by atoms with van der Waals surface area (Å²) in [6, 6.07) is -0.748. The van der Waals surface area contributed by atoms with E-state index in [9.17, 15) is 14.0 Å². The van der Waals surface area contributed by atoms with Gasteiger partial charge in [-0.1, -0.05) is 6.92 Å². The van der Waals surface area contributed by atoms with E-state index >= 15 is 0 Å². The molecule has 2 N–H and O–H groups in total. The highest BCUT2D eigenvalue weighted by molar-refractivity contribution is 5.87. The summed E-state index contributed by atoms with van der Waals surface area (Å²) in [6.45, 7) is 1.67. The second kappa shape index (κ2) is 3.72. The Labute approximate surface area is 75.9 Å². The fraction of sp³-hybridized carbons (Fsp3) is 0.750. The van der Waals surface area contributed by atoms with E-state index in [0.29, 0.717) is 0 Å². The summed E-state index contributed by atoms with van der Waals surface area (Å²) >= 11 is 0. The molecule has 0 aliphatic carbocycles. The molecule has 1 aliphatic heterocycles. The summed E-state index contributed by atoms with van der Waals surface area (Å²) in [5, 5.41) is 0. The predicted octanol–water partition coefficient (Wildman–Crippen LogP) is -0.179. The van der Waals surface area contributed by atoms with Crippen molar-refractivity contribution in [3.05, 3.63) is 0 Å². The van der Waals surface area contributed by atoms with Crippen molar-refractivity contribution in [3.63, 3.8) is 0 Å². The van der Waals surface area contributed by atoms with E-state index < -0.39 is 18.1 Å². The highest BCUT2D eigenvalue weighted by Crippen LogP contribution is 2.20. The van der Waals surface area contributed by atoms with Gasteiger partial charge in [-0.25, -0.2) is 4.39 Å². The van der Waals surface area contributed by atoms with E-state index in [1.807, 2.05) is 0 Å². The Bertz CT molecular complexity index is 232. The molecule has 0 spiro atoms. The molecule has 1 heterocycles. The third-order valence-corrected chi connectivity index (χ3v) is 2.20. The SMILES string of the molecule is CCC(=O)N1CC(F)C[C@H]1C(N)=O. The minimum atomic E-state index is -1.12. The zero-order chi connectivity index (χ0) is 10.0. The smallest absolute Gasteiger partial charge is 0.240 e. The van der Waals surface area contributed by atoms with Crippen LogP contribution in [0.25, 0.3) is 0 Å². The van der Waals surface area contributed by atoms with Crippen molar-refractivity contribution in [2.45, 2.75) is 32.0 Å². The number of hydrogen-bond donors (Lipinski definition) is 1. The summed E-state index contributed by atoms with van der Waals surface area (Å²) < 4.78 is 12.9. The largest absolute Gasteiger partial charge is 0.368 e. The van der Waals surface area contributed by atoms with E-state index in [1.54, 1.807) is 6.92 Å². The Balaban J connectivity index is 2.71. The summed E-state index contributed by atoms with van der Waals surface area (Å²) in [5.41, 5.74) is 5.04. The molecule has 0 aromatic carbocycles. The van der Waals surface area contributed by atoms with Crippen molar-refractivity contribution in [2.24, 2.45) is 5.73 Å². The topological polar surface area (TPSA) is 63.4 Å². The van der Waals surface area contributed by atoms with E-state index in [0.717, 1.165) is 0 Å². The Morgan fingerprint density at radius 1 is 1.62 bits per heavy atom. The third kappa shape index (κ3) is 1.96. The maximum Gasteiger partial charge on any atom is 0.240 e. The lowest BCUT2D eigenvalue weighted by molar-refractivity contribution is -0.137. The molecule has 0 aromatic heterocycles. The van der Waals surface area contributed by atoms with Crippen LogP contribution in [0.1, 0.15) is 19.8 Å². The van der Waals surface area contributed by atoms with E-state index in [2.05, 4.69) is 0 Å². The first kappa shape index (κ1) is 9.95.